The first-order valence-electron chi connectivity index (χ1n) is 7.08. The van der Waals surface area contributed by atoms with Crippen LogP contribution in [0.2, 0.25) is 0 Å². The van der Waals surface area contributed by atoms with E-state index in [1.807, 2.05) is 6.92 Å². The highest BCUT2D eigenvalue weighted by atomic mass is 32.2. The van der Waals surface area contributed by atoms with Gasteiger partial charge in [-0.1, -0.05) is 0 Å². The van der Waals surface area contributed by atoms with E-state index in [2.05, 4.69) is 20.0 Å². The highest BCUT2D eigenvalue weighted by Gasteiger charge is 2.15. The van der Waals surface area contributed by atoms with Crippen molar-refractivity contribution in [2.24, 2.45) is 0 Å². The molecule has 0 radical (unpaired) electrons. The maximum Gasteiger partial charge on any atom is 0.269 e. The molecule has 24 heavy (non-hydrogen) atoms. The van der Waals surface area contributed by atoms with E-state index in [1.165, 1.54) is 12.1 Å². The Hall–Kier alpha value is -2.59. The smallest absolute Gasteiger partial charge is 0.269 e. The molecule has 0 atom stereocenters. The van der Waals surface area contributed by atoms with Crippen LogP contribution in [0.3, 0.4) is 0 Å². The Morgan fingerprint density at radius 3 is 2.38 bits per heavy atom. The summed E-state index contributed by atoms with van der Waals surface area (Å²) in [5.74, 6) is 1.25. The fraction of sp³-hybridized carbons (Fsp3) is 0.286. The van der Waals surface area contributed by atoms with Crippen LogP contribution in [-0.2, 0) is 10.0 Å². The Labute approximate surface area is 139 Å². The summed E-state index contributed by atoms with van der Waals surface area (Å²) in [4.78, 5) is 18.3. The van der Waals surface area contributed by atoms with Crippen LogP contribution in [0.25, 0.3) is 0 Å². The molecule has 0 aliphatic rings. The molecule has 2 aromatic rings. The van der Waals surface area contributed by atoms with Crippen molar-refractivity contribution in [3.05, 3.63) is 52.0 Å². The lowest BCUT2D eigenvalue weighted by molar-refractivity contribution is -0.384. The van der Waals surface area contributed by atoms with Crippen molar-refractivity contribution in [2.45, 2.75) is 18.7 Å². The van der Waals surface area contributed by atoms with E-state index in [9.17, 15) is 18.5 Å². The molecule has 0 saturated carbocycles. The van der Waals surface area contributed by atoms with E-state index >= 15 is 0 Å². The predicted molar refractivity (Wildman–Crippen MR) is 88.3 cm³/mol. The first-order chi connectivity index (χ1) is 11.3. The number of benzene rings is 1. The van der Waals surface area contributed by atoms with Gasteiger partial charge in [0.15, 0.2) is 0 Å². The summed E-state index contributed by atoms with van der Waals surface area (Å²) in [6.45, 7) is 4.09. The van der Waals surface area contributed by atoms with Gasteiger partial charge in [-0.3, -0.25) is 10.1 Å². The monoisotopic (exact) mass is 351 g/mol. The first kappa shape index (κ1) is 17.8. The van der Waals surface area contributed by atoms with Gasteiger partial charge in [-0.15, -0.1) is 0 Å². The van der Waals surface area contributed by atoms with E-state index in [4.69, 9.17) is 0 Å². The number of nitrogens with zero attached hydrogens (tertiary/aromatic N) is 3. The number of nitro benzene ring substituents is 1. The molecule has 0 saturated heterocycles. The lowest BCUT2D eigenvalue weighted by Gasteiger charge is -2.09. The van der Waals surface area contributed by atoms with Crippen LogP contribution in [0.4, 0.5) is 11.5 Å². The zero-order valence-corrected chi connectivity index (χ0v) is 14.0. The van der Waals surface area contributed by atoms with Crippen LogP contribution >= 0.6 is 0 Å². The van der Waals surface area contributed by atoms with Crippen molar-refractivity contribution in [3.63, 3.8) is 0 Å². The maximum atomic E-state index is 12.1. The Morgan fingerprint density at radius 2 is 1.79 bits per heavy atom. The lowest BCUT2D eigenvalue weighted by Crippen LogP contribution is -2.29. The van der Waals surface area contributed by atoms with E-state index in [-0.39, 0.29) is 17.1 Å². The van der Waals surface area contributed by atoms with Gasteiger partial charge in [0, 0.05) is 37.0 Å². The summed E-state index contributed by atoms with van der Waals surface area (Å²) in [5, 5.41) is 13.6. The van der Waals surface area contributed by atoms with Crippen LogP contribution in [0.15, 0.2) is 35.2 Å². The fourth-order valence-corrected chi connectivity index (χ4v) is 3.05. The van der Waals surface area contributed by atoms with Crippen LogP contribution in [-0.4, -0.2) is 36.4 Å². The molecule has 0 unspecified atom stereocenters. The number of anilines is 1. The number of nitrogens with one attached hydrogen (secondary N) is 2. The average Bonchev–Trinajstić information content (AvgIpc) is 2.51. The molecule has 2 N–H and O–H groups in total. The Balaban J connectivity index is 1.91. The first-order valence-corrected chi connectivity index (χ1v) is 8.56. The van der Waals surface area contributed by atoms with Crippen molar-refractivity contribution in [1.29, 1.82) is 0 Å². The topological polar surface area (TPSA) is 127 Å². The third kappa shape index (κ3) is 4.70. The largest absolute Gasteiger partial charge is 0.369 e. The molecule has 1 aromatic carbocycles. The number of sulfonamides is 1. The van der Waals surface area contributed by atoms with E-state index in [0.29, 0.717) is 18.2 Å². The third-order valence-corrected chi connectivity index (χ3v) is 4.52. The van der Waals surface area contributed by atoms with Gasteiger partial charge in [0.05, 0.1) is 9.82 Å². The number of rotatable bonds is 7. The number of aryl methyl sites for hydroxylation is 2. The zero-order valence-electron chi connectivity index (χ0n) is 13.2. The Bertz CT molecular complexity index is 816. The summed E-state index contributed by atoms with van der Waals surface area (Å²) in [7, 11) is -3.72. The van der Waals surface area contributed by atoms with Gasteiger partial charge in [0.2, 0.25) is 10.0 Å². The third-order valence-electron chi connectivity index (χ3n) is 3.05. The summed E-state index contributed by atoms with van der Waals surface area (Å²) in [6, 6.07) is 6.46. The molecule has 128 valence electrons. The minimum absolute atomic E-state index is 0.0261. The molecule has 1 heterocycles. The number of non-ortho nitro benzene ring substituents is 1. The number of nitro groups is 1. The molecule has 10 heteroatoms. The number of aromatic nitrogens is 2. The highest BCUT2D eigenvalue weighted by molar-refractivity contribution is 7.89. The summed E-state index contributed by atoms with van der Waals surface area (Å²) in [5.41, 5.74) is 0.654. The minimum Gasteiger partial charge on any atom is -0.369 e. The second-order valence-electron chi connectivity index (χ2n) is 5.02. The molecule has 0 aliphatic carbocycles. The van der Waals surface area contributed by atoms with Gasteiger partial charge < -0.3 is 5.32 Å². The molecule has 1 aromatic heterocycles. The Morgan fingerprint density at radius 1 is 1.12 bits per heavy atom. The molecular weight excluding hydrogens is 334 g/mol. The zero-order chi connectivity index (χ0) is 17.7. The molecule has 2 rings (SSSR count). The van der Waals surface area contributed by atoms with Crippen molar-refractivity contribution < 1.29 is 13.3 Å². The molecule has 0 aliphatic heterocycles. The molecule has 0 bridgehead atoms. The van der Waals surface area contributed by atoms with Gasteiger partial charge in [-0.2, -0.15) is 0 Å². The normalized spacial score (nSPS) is 11.2. The SMILES string of the molecule is Cc1cc(NCCNS(=O)(=O)c2ccc([N+](=O)[O-])cc2)nc(C)n1. The summed E-state index contributed by atoms with van der Waals surface area (Å²) >= 11 is 0. The highest BCUT2D eigenvalue weighted by Crippen LogP contribution is 2.15. The lowest BCUT2D eigenvalue weighted by atomic mass is 10.3. The van der Waals surface area contributed by atoms with Crippen molar-refractivity contribution in [3.8, 4) is 0 Å². The minimum atomic E-state index is -3.72. The van der Waals surface area contributed by atoms with Gasteiger partial charge in [-0.25, -0.2) is 23.1 Å². The van der Waals surface area contributed by atoms with E-state index < -0.39 is 14.9 Å². The standard InChI is InChI=1S/C14H17N5O4S/c1-10-9-14(18-11(2)17-10)15-7-8-16-24(22,23)13-5-3-12(4-6-13)19(20)21/h3-6,9,16H,7-8H2,1-2H3,(H,15,17,18). The number of hydrogen-bond donors (Lipinski definition) is 2. The average molecular weight is 351 g/mol. The van der Waals surface area contributed by atoms with Crippen molar-refractivity contribution in [1.82, 2.24) is 14.7 Å². The van der Waals surface area contributed by atoms with Crippen LogP contribution < -0.4 is 10.0 Å². The second kappa shape index (κ2) is 7.32. The quantitative estimate of drug-likeness (QED) is 0.438. The number of hydrogen-bond acceptors (Lipinski definition) is 7. The molecular formula is C14H17N5O4S. The molecule has 0 amide bonds. The van der Waals surface area contributed by atoms with Gasteiger partial charge in [0.25, 0.3) is 5.69 Å². The van der Waals surface area contributed by atoms with E-state index in [1.54, 1.807) is 13.0 Å². The molecule has 0 fully saturated rings. The molecule has 9 nitrogen and oxygen atoms in total. The van der Waals surface area contributed by atoms with Crippen LogP contribution in [0, 0.1) is 24.0 Å². The van der Waals surface area contributed by atoms with Crippen LogP contribution in [0.5, 0.6) is 0 Å². The van der Waals surface area contributed by atoms with Crippen LogP contribution in [0.1, 0.15) is 11.5 Å². The summed E-state index contributed by atoms with van der Waals surface area (Å²) in [6.07, 6.45) is 0. The van der Waals surface area contributed by atoms with Gasteiger partial charge in [-0.05, 0) is 26.0 Å². The predicted octanol–water partition coefficient (Wildman–Crippen LogP) is 1.39. The van der Waals surface area contributed by atoms with Crippen molar-refractivity contribution in [2.75, 3.05) is 18.4 Å². The summed E-state index contributed by atoms with van der Waals surface area (Å²) < 4.78 is 26.6. The fourth-order valence-electron chi connectivity index (χ4n) is 2.01. The van der Waals surface area contributed by atoms with Gasteiger partial charge >= 0.3 is 0 Å². The molecule has 0 spiro atoms. The van der Waals surface area contributed by atoms with Crippen molar-refractivity contribution >= 4 is 21.5 Å². The second-order valence-corrected chi connectivity index (χ2v) is 6.78. The Kier molecular flexibility index (Phi) is 5.42. The van der Waals surface area contributed by atoms with Gasteiger partial charge in [0.1, 0.15) is 11.6 Å². The van der Waals surface area contributed by atoms with E-state index in [0.717, 1.165) is 17.8 Å². The maximum absolute atomic E-state index is 12.1.